The van der Waals surface area contributed by atoms with Gasteiger partial charge in [0, 0.05) is 30.5 Å². The number of nitrogens with zero attached hydrogens (tertiary/aromatic N) is 1. The van der Waals surface area contributed by atoms with Crippen molar-refractivity contribution < 1.29 is 9.90 Å². The van der Waals surface area contributed by atoms with Crippen LogP contribution in [0, 0.1) is 5.92 Å². The maximum atomic E-state index is 11.9. The number of carbonyl (C=O) groups is 1. The van der Waals surface area contributed by atoms with Crippen molar-refractivity contribution in [2.75, 3.05) is 6.61 Å². The van der Waals surface area contributed by atoms with Crippen LogP contribution in [0.1, 0.15) is 37.8 Å². The minimum absolute atomic E-state index is 0.00426. The standard InChI is InChI=1S/C13H21N3O2/c17-9-10-4-2-1-3-5-12(10)15-13(18)8-11-6-7-14-16-11/h6-7,10,12,17H,1-5,8-9H2,(H,14,16)(H,15,18). The Balaban J connectivity index is 1.87. The minimum atomic E-state index is 0.00426. The normalized spacial score (nSPS) is 24.5. The van der Waals surface area contributed by atoms with Crippen molar-refractivity contribution in [3.8, 4) is 0 Å². The number of hydrogen-bond donors (Lipinski definition) is 3. The van der Waals surface area contributed by atoms with Gasteiger partial charge in [-0.05, 0) is 18.9 Å². The Labute approximate surface area is 107 Å². The number of hydrogen-bond acceptors (Lipinski definition) is 3. The third kappa shape index (κ3) is 3.57. The zero-order chi connectivity index (χ0) is 12.8. The summed E-state index contributed by atoms with van der Waals surface area (Å²) >= 11 is 0. The quantitative estimate of drug-likeness (QED) is 0.699. The van der Waals surface area contributed by atoms with Crippen LogP contribution >= 0.6 is 0 Å². The lowest BCUT2D eigenvalue weighted by Gasteiger charge is -2.24. The first-order valence-electron chi connectivity index (χ1n) is 6.68. The molecule has 100 valence electrons. The number of carbonyl (C=O) groups excluding carboxylic acids is 1. The van der Waals surface area contributed by atoms with Crippen molar-refractivity contribution in [3.05, 3.63) is 18.0 Å². The molecule has 0 radical (unpaired) electrons. The molecule has 1 amide bonds. The van der Waals surface area contributed by atoms with E-state index in [1.54, 1.807) is 12.3 Å². The van der Waals surface area contributed by atoms with E-state index >= 15 is 0 Å². The van der Waals surface area contributed by atoms with Gasteiger partial charge < -0.3 is 10.4 Å². The number of rotatable bonds is 4. The molecule has 1 aromatic rings. The van der Waals surface area contributed by atoms with Crippen molar-refractivity contribution in [1.29, 1.82) is 0 Å². The van der Waals surface area contributed by atoms with Crippen molar-refractivity contribution in [2.45, 2.75) is 44.6 Å². The summed E-state index contributed by atoms with van der Waals surface area (Å²) in [5, 5.41) is 19.0. The van der Waals surface area contributed by atoms with E-state index in [2.05, 4.69) is 15.5 Å². The van der Waals surface area contributed by atoms with Gasteiger partial charge >= 0.3 is 0 Å². The molecule has 1 heterocycles. The molecule has 1 saturated carbocycles. The van der Waals surface area contributed by atoms with Gasteiger partial charge in [-0.2, -0.15) is 5.10 Å². The summed E-state index contributed by atoms with van der Waals surface area (Å²) in [6.07, 6.45) is 7.43. The van der Waals surface area contributed by atoms with Gasteiger partial charge in [0.05, 0.1) is 6.42 Å². The molecular weight excluding hydrogens is 230 g/mol. The number of H-pyrrole nitrogens is 1. The Morgan fingerprint density at radius 1 is 1.44 bits per heavy atom. The topological polar surface area (TPSA) is 78.0 Å². The average molecular weight is 251 g/mol. The minimum Gasteiger partial charge on any atom is -0.396 e. The molecular formula is C13H21N3O2. The van der Waals surface area contributed by atoms with E-state index in [4.69, 9.17) is 0 Å². The number of amides is 1. The van der Waals surface area contributed by atoms with Crippen LogP contribution < -0.4 is 5.32 Å². The van der Waals surface area contributed by atoms with E-state index in [0.29, 0.717) is 6.42 Å². The van der Waals surface area contributed by atoms with Crippen LogP contribution in [0.25, 0.3) is 0 Å². The van der Waals surface area contributed by atoms with Crippen LogP contribution in [-0.2, 0) is 11.2 Å². The zero-order valence-corrected chi connectivity index (χ0v) is 10.6. The summed E-state index contributed by atoms with van der Waals surface area (Å²) in [5.41, 5.74) is 0.821. The largest absolute Gasteiger partial charge is 0.396 e. The van der Waals surface area contributed by atoms with Crippen LogP contribution in [0.15, 0.2) is 12.3 Å². The van der Waals surface area contributed by atoms with Gasteiger partial charge in [-0.3, -0.25) is 9.89 Å². The lowest BCUT2D eigenvalue weighted by atomic mass is 9.95. The second-order valence-electron chi connectivity index (χ2n) is 5.01. The Bertz CT molecular complexity index is 364. The SMILES string of the molecule is O=C(Cc1ccn[nH]1)NC1CCCCCC1CO. The number of aromatic amines is 1. The molecule has 0 bridgehead atoms. The molecule has 1 fully saturated rings. The summed E-state index contributed by atoms with van der Waals surface area (Å²) < 4.78 is 0. The van der Waals surface area contributed by atoms with Gasteiger partial charge in [0.2, 0.25) is 5.91 Å². The molecule has 0 saturated heterocycles. The third-order valence-electron chi connectivity index (χ3n) is 3.65. The van der Waals surface area contributed by atoms with E-state index in [1.807, 2.05) is 0 Å². The molecule has 18 heavy (non-hydrogen) atoms. The Hall–Kier alpha value is -1.36. The van der Waals surface area contributed by atoms with Crippen LogP contribution in [0.5, 0.6) is 0 Å². The van der Waals surface area contributed by atoms with E-state index < -0.39 is 0 Å². The number of aromatic nitrogens is 2. The molecule has 1 aliphatic carbocycles. The second kappa shape index (κ2) is 6.54. The second-order valence-corrected chi connectivity index (χ2v) is 5.01. The molecule has 0 aromatic carbocycles. The average Bonchev–Trinajstić information content (AvgIpc) is 2.75. The van der Waals surface area contributed by atoms with Crippen LogP contribution in [0.3, 0.4) is 0 Å². The fraction of sp³-hybridized carbons (Fsp3) is 0.692. The third-order valence-corrected chi connectivity index (χ3v) is 3.65. The molecule has 0 aliphatic heterocycles. The van der Waals surface area contributed by atoms with Crippen molar-refractivity contribution in [1.82, 2.24) is 15.5 Å². The maximum absolute atomic E-state index is 11.9. The maximum Gasteiger partial charge on any atom is 0.226 e. The molecule has 1 aliphatic rings. The summed E-state index contributed by atoms with van der Waals surface area (Å²) in [4.78, 5) is 11.9. The predicted octanol–water partition coefficient (Wildman–Crippen LogP) is 1.01. The molecule has 2 atom stereocenters. The molecule has 2 unspecified atom stereocenters. The summed E-state index contributed by atoms with van der Waals surface area (Å²) in [5.74, 6) is 0.211. The highest BCUT2D eigenvalue weighted by Gasteiger charge is 2.24. The van der Waals surface area contributed by atoms with Crippen molar-refractivity contribution in [3.63, 3.8) is 0 Å². The smallest absolute Gasteiger partial charge is 0.226 e. The van der Waals surface area contributed by atoms with Gasteiger partial charge in [0.25, 0.3) is 0 Å². The number of nitrogens with one attached hydrogen (secondary N) is 2. The molecule has 2 rings (SSSR count). The van der Waals surface area contributed by atoms with E-state index in [1.165, 1.54) is 6.42 Å². The first-order valence-corrected chi connectivity index (χ1v) is 6.68. The van der Waals surface area contributed by atoms with Crippen molar-refractivity contribution >= 4 is 5.91 Å². The highest BCUT2D eigenvalue weighted by Crippen LogP contribution is 2.23. The summed E-state index contributed by atoms with van der Waals surface area (Å²) in [7, 11) is 0. The first kappa shape index (κ1) is 13.1. The number of aliphatic hydroxyl groups excluding tert-OH is 1. The predicted molar refractivity (Wildman–Crippen MR) is 67.9 cm³/mol. The molecule has 0 spiro atoms. The van der Waals surface area contributed by atoms with Gasteiger partial charge in [0.1, 0.15) is 0 Å². The fourth-order valence-electron chi connectivity index (χ4n) is 2.61. The Morgan fingerprint density at radius 2 is 2.28 bits per heavy atom. The van der Waals surface area contributed by atoms with Gasteiger partial charge in [0.15, 0.2) is 0 Å². The van der Waals surface area contributed by atoms with Gasteiger partial charge in [-0.1, -0.05) is 19.3 Å². The molecule has 1 aromatic heterocycles. The summed E-state index contributed by atoms with van der Waals surface area (Å²) in [6.45, 7) is 0.162. The van der Waals surface area contributed by atoms with Gasteiger partial charge in [-0.15, -0.1) is 0 Å². The zero-order valence-electron chi connectivity index (χ0n) is 10.6. The number of aliphatic hydroxyl groups is 1. The van der Waals surface area contributed by atoms with Crippen LogP contribution in [-0.4, -0.2) is 33.9 Å². The lowest BCUT2D eigenvalue weighted by molar-refractivity contribution is -0.121. The molecule has 5 nitrogen and oxygen atoms in total. The first-order chi connectivity index (χ1) is 8.79. The molecule has 3 N–H and O–H groups in total. The molecule has 5 heteroatoms. The van der Waals surface area contributed by atoms with Gasteiger partial charge in [-0.25, -0.2) is 0 Å². The highest BCUT2D eigenvalue weighted by molar-refractivity contribution is 5.78. The Kier molecular flexibility index (Phi) is 4.75. The fourth-order valence-corrected chi connectivity index (χ4v) is 2.61. The monoisotopic (exact) mass is 251 g/mol. The highest BCUT2D eigenvalue weighted by atomic mass is 16.3. The van der Waals surface area contributed by atoms with E-state index in [9.17, 15) is 9.90 Å². The van der Waals surface area contributed by atoms with E-state index in [-0.39, 0.29) is 24.5 Å². The van der Waals surface area contributed by atoms with Crippen molar-refractivity contribution in [2.24, 2.45) is 5.92 Å². The Morgan fingerprint density at radius 3 is 3.00 bits per heavy atom. The van der Waals surface area contributed by atoms with Crippen LogP contribution in [0.2, 0.25) is 0 Å². The summed E-state index contributed by atoms with van der Waals surface area (Å²) in [6, 6.07) is 1.92. The van der Waals surface area contributed by atoms with Crippen LogP contribution in [0.4, 0.5) is 0 Å². The van der Waals surface area contributed by atoms with E-state index in [0.717, 1.165) is 31.4 Å². The lowest BCUT2D eigenvalue weighted by Crippen LogP contribution is -2.41.